The van der Waals surface area contributed by atoms with Gasteiger partial charge in [0, 0.05) is 19.3 Å². The summed E-state index contributed by atoms with van der Waals surface area (Å²) in [6.45, 7) is 8.58. The van der Waals surface area contributed by atoms with Crippen molar-refractivity contribution < 1.29 is 14.6 Å². The molecule has 0 aromatic carbocycles. The second-order valence-electron chi connectivity index (χ2n) is 8.41. The minimum atomic E-state index is -0.605. The van der Waals surface area contributed by atoms with Crippen LogP contribution in [-0.2, 0) is 11.3 Å². The lowest BCUT2D eigenvalue weighted by molar-refractivity contribution is 0.0465. The van der Waals surface area contributed by atoms with Crippen LogP contribution in [0, 0.1) is 5.92 Å². The minimum absolute atomic E-state index is 0.101. The van der Waals surface area contributed by atoms with Crippen LogP contribution in [0.2, 0.25) is 0 Å². The van der Waals surface area contributed by atoms with Gasteiger partial charge in [-0.05, 0) is 32.8 Å². The lowest BCUT2D eigenvalue weighted by Gasteiger charge is -2.43. The largest absolute Gasteiger partial charge is 0.444 e. The fourth-order valence-corrected chi connectivity index (χ4v) is 3.72. The number of alkyl carbamates (subject to hydrolysis) is 1. The van der Waals surface area contributed by atoms with Crippen LogP contribution in [0.4, 0.5) is 16.2 Å². The molecule has 1 saturated heterocycles. The van der Waals surface area contributed by atoms with Crippen LogP contribution < -0.4 is 16.0 Å². The summed E-state index contributed by atoms with van der Waals surface area (Å²) in [4.78, 5) is 18.7. The smallest absolute Gasteiger partial charge is 0.408 e. The zero-order valence-corrected chi connectivity index (χ0v) is 17.2. The Labute approximate surface area is 170 Å². The first kappa shape index (κ1) is 20.8. The minimum Gasteiger partial charge on any atom is -0.444 e. The maximum atomic E-state index is 12.5. The van der Waals surface area contributed by atoms with Gasteiger partial charge >= 0.3 is 6.09 Å². The summed E-state index contributed by atoms with van der Waals surface area (Å²) in [6, 6.07) is 1.40. The van der Waals surface area contributed by atoms with Gasteiger partial charge in [-0.2, -0.15) is 0 Å². The molecule has 29 heavy (non-hydrogen) atoms. The molecule has 2 aromatic heterocycles. The Bertz CT molecular complexity index is 848. The van der Waals surface area contributed by atoms with E-state index in [9.17, 15) is 9.90 Å². The van der Waals surface area contributed by atoms with Crippen molar-refractivity contribution in [3.63, 3.8) is 0 Å². The fraction of sp³-hybridized carbons (Fsp3) is 0.579. The lowest BCUT2D eigenvalue weighted by atomic mass is 9.89. The normalized spacial score (nSPS) is 22.4. The van der Waals surface area contributed by atoms with Crippen LogP contribution in [0.25, 0.3) is 0 Å². The van der Waals surface area contributed by atoms with Gasteiger partial charge < -0.3 is 25.8 Å². The standard InChI is InChI=1S/C19H29N7O3/c1-12-8-25(16-5-6-21-7-14(16)20)10-15(22-18(28)29-19(2,3)4)17(12)26-9-13(11-27)23-24-26/h5-7,9,12,15,17,27H,8,10-11,20H2,1-4H3,(H,22,28). The Kier molecular flexibility index (Phi) is 5.92. The molecule has 3 rings (SSSR count). The van der Waals surface area contributed by atoms with E-state index in [1.54, 1.807) is 23.3 Å². The number of nitrogen functional groups attached to an aromatic ring is 1. The van der Waals surface area contributed by atoms with Crippen LogP contribution in [0.5, 0.6) is 0 Å². The summed E-state index contributed by atoms with van der Waals surface area (Å²) < 4.78 is 7.18. The van der Waals surface area contributed by atoms with Crippen molar-refractivity contribution in [2.45, 2.75) is 52.0 Å². The summed E-state index contributed by atoms with van der Waals surface area (Å²) in [7, 11) is 0. The van der Waals surface area contributed by atoms with Gasteiger partial charge in [0.05, 0.1) is 42.5 Å². The van der Waals surface area contributed by atoms with E-state index in [4.69, 9.17) is 10.5 Å². The zero-order valence-electron chi connectivity index (χ0n) is 17.2. The van der Waals surface area contributed by atoms with Crippen molar-refractivity contribution in [2.75, 3.05) is 23.7 Å². The van der Waals surface area contributed by atoms with Crippen LogP contribution in [-0.4, -0.2) is 55.9 Å². The number of hydrogen-bond acceptors (Lipinski definition) is 8. The predicted octanol–water partition coefficient (Wildman–Crippen LogP) is 1.34. The predicted molar refractivity (Wildman–Crippen MR) is 108 cm³/mol. The first-order chi connectivity index (χ1) is 13.7. The maximum absolute atomic E-state index is 12.5. The third-order valence-electron chi connectivity index (χ3n) is 4.82. The molecule has 2 aromatic rings. The lowest BCUT2D eigenvalue weighted by Crippen LogP contribution is -2.57. The molecular formula is C19H29N7O3. The molecule has 1 amide bonds. The molecule has 3 heterocycles. The number of aliphatic hydroxyl groups is 1. The second kappa shape index (κ2) is 8.24. The molecule has 10 nitrogen and oxygen atoms in total. The van der Waals surface area contributed by atoms with E-state index in [0.29, 0.717) is 24.5 Å². The highest BCUT2D eigenvalue weighted by Gasteiger charge is 2.38. The summed E-state index contributed by atoms with van der Waals surface area (Å²) in [5.41, 5.74) is 7.45. The first-order valence-electron chi connectivity index (χ1n) is 9.63. The topological polar surface area (TPSA) is 131 Å². The number of rotatable bonds is 4. The molecule has 1 fully saturated rings. The van der Waals surface area contributed by atoms with Crippen molar-refractivity contribution in [1.29, 1.82) is 0 Å². The number of carbonyl (C=O) groups is 1. The molecule has 10 heteroatoms. The molecule has 4 N–H and O–H groups in total. The highest BCUT2D eigenvalue weighted by Crippen LogP contribution is 2.33. The molecule has 0 saturated carbocycles. The Morgan fingerprint density at radius 2 is 2.17 bits per heavy atom. The van der Waals surface area contributed by atoms with E-state index >= 15 is 0 Å². The number of nitrogens with two attached hydrogens (primary N) is 1. The number of anilines is 2. The summed E-state index contributed by atoms with van der Waals surface area (Å²) >= 11 is 0. The number of nitrogens with one attached hydrogen (secondary N) is 1. The molecule has 0 radical (unpaired) electrons. The number of piperidine rings is 1. The molecule has 1 aliphatic heterocycles. The van der Waals surface area contributed by atoms with E-state index in [2.05, 4.69) is 32.4 Å². The van der Waals surface area contributed by atoms with E-state index in [1.807, 2.05) is 26.8 Å². The van der Waals surface area contributed by atoms with Crippen molar-refractivity contribution >= 4 is 17.5 Å². The van der Waals surface area contributed by atoms with Gasteiger partial charge in [-0.25, -0.2) is 9.48 Å². The third-order valence-corrected chi connectivity index (χ3v) is 4.82. The van der Waals surface area contributed by atoms with Crippen LogP contribution in [0.1, 0.15) is 39.4 Å². The fourth-order valence-electron chi connectivity index (χ4n) is 3.72. The van der Waals surface area contributed by atoms with Gasteiger partial charge in [-0.1, -0.05) is 12.1 Å². The molecule has 158 valence electrons. The molecule has 3 atom stereocenters. The summed E-state index contributed by atoms with van der Waals surface area (Å²) in [5, 5.41) is 20.5. The quantitative estimate of drug-likeness (QED) is 0.697. The molecule has 3 unspecified atom stereocenters. The number of hydrogen-bond donors (Lipinski definition) is 3. The molecular weight excluding hydrogens is 374 g/mol. The highest BCUT2D eigenvalue weighted by molar-refractivity contribution is 5.69. The van der Waals surface area contributed by atoms with E-state index in [-0.39, 0.29) is 24.6 Å². The molecule has 0 bridgehead atoms. The number of amides is 1. The Balaban J connectivity index is 1.88. The van der Waals surface area contributed by atoms with Crippen LogP contribution in [0.3, 0.4) is 0 Å². The molecule has 0 aliphatic carbocycles. The second-order valence-corrected chi connectivity index (χ2v) is 8.41. The van der Waals surface area contributed by atoms with Crippen LogP contribution in [0.15, 0.2) is 24.7 Å². The molecule has 1 aliphatic rings. The van der Waals surface area contributed by atoms with Gasteiger partial charge in [0.1, 0.15) is 11.3 Å². The Hall–Kier alpha value is -2.88. The summed E-state index contributed by atoms with van der Waals surface area (Å²) in [6.07, 6.45) is 4.53. The van der Waals surface area contributed by atoms with E-state index in [0.717, 1.165) is 5.69 Å². The third kappa shape index (κ3) is 4.94. The zero-order chi connectivity index (χ0) is 21.2. The first-order valence-corrected chi connectivity index (χ1v) is 9.63. The SMILES string of the molecule is CC1CN(c2ccncc2N)CC(NC(=O)OC(C)(C)C)C1n1cc(CO)nn1. The number of aromatic nitrogens is 4. The van der Waals surface area contributed by atoms with Gasteiger partial charge in [0.15, 0.2) is 0 Å². The van der Waals surface area contributed by atoms with Gasteiger partial charge in [-0.3, -0.25) is 4.98 Å². The summed E-state index contributed by atoms with van der Waals surface area (Å²) in [5.74, 6) is 0.101. The van der Waals surface area contributed by atoms with E-state index < -0.39 is 11.7 Å². The van der Waals surface area contributed by atoms with Crippen molar-refractivity contribution in [3.05, 3.63) is 30.4 Å². The van der Waals surface area contributed by atoms with Gasteiger partial charge in [0.25, 0.3) is 0 Å². The number of nitrogens with zero attached hydrogens (tertiary/aromatic N) is 5. The molecule has 0 spiro atoms. The van der Waals surface area contributed by atoms with Gasteiger partial charge in [0.2, 0.25) is 0 Å². The number of carbonyl (C=O) groups excluding carboxylic acids is 1. The monoisotopic (exact) mass is 403 g/mol. The van der Waals surface area contributed by atoms with Crippen molar-refractivity contribution in [1.82, 2.24) is 25.3 Å². The number of aliphatic hydroxyl groups excluding tert-OH is 1. The number of ether oxygens (including phenoxy) is 1. The average Bonchev–Trinajstić information content (AvgIpc) is 3.08. The average molecular weight is 403 g/mol. The number of pyridine rings is 1. The van der Waals surface area contributed by atoms with Crippen LogP contribution >= 0.6 is 0 Å². The highest BCUT2D eigenvalue weighted by atomic mass is 16.6. The Morgan fingerprint density at radius 1 is 1.41 bits per heavy atom. The van der Waals surface area contributed by atoms with E-state index in [1.165, 1.54) is 0 Å². The van der Waals surface area contributed by atoms with Crippen molar-refractivity contribution in [3.8, 4) is 0 Å². The maximum Gasteiger partial charge on any atom is 0.408 e. The Morgan fingerprint density at radius 3 is 2.79 bits per heavy atom. The van der Waals surface area contributed by atoms with Crippen molar-refractivity contribution in [2.24, 2.45) is 5.92 Å². The van der Waals surface area contributed by atoms with Gasteiger partial charge in [-0.15, -0.1) is 5.10 Å².